The van der Waals surface area contributed by atoms with E-state index in [0.29, 0.717) is 12.5 Å². The molecule has 0 aliphatic rings. The van der Waals surface area contributed by atoms with E-state index in [-0.39, 0.29) is 5.41 Å². The van der Waals surface area contributed by atoms with Crippen LogP contribution in [0, 0.1) is 5.41 Å². The second kappa shape index (κ2) is 5.84. The molecule has 0 unspecified atom stereocenters. The molecule has 4 nitrogen and oxygen atoms in total. The summed E-state index contributed by atoms with van der Waals surface area (Å²) in [6.07, 6.45) is 1.82. The summed E-state index contributed by atoms with van der Waals surface area (Å²) < 4.78 is 5.68. The topological polar surface area (TPSA) is 47.0 Å². The molecule has 4 heteroatoms. The average Bonchev–Trinajstić information content (AvgIpc) is 2.26. The molecule has 0 amide bonds. The summed E-state index contributed by atoms with van der Waals surface area (Å²) in [5, 5.41) is 3.02. The molecule has 1 aromatic rings. The highest BCUT2D eigenvalue weighted by Crippen LogP contribution is 2.19. The van der Waals surface area contributed by atoms with E-state index in [1.165, 1.54) is 0 Å². The number of nitrogens with one attached hydrogen (secondary N) is 1. The van der Waals surface area contributed by atoms with Crippen LogP contribution in [0.25, 0.3) is 0 Å². The Bertz CT molecular complexity index is 336. The first kappa shape index (κ1) is 13.7. The van der Waals surface area contributed by atoms with Crippen LogP contribution >= 0.6 is 0 Å². The van der Waals surface area contributed by atoms with Gasteiger partial charge < -0.3 is 10.1 Å². The van der Waals surface area contributed by atoms with Crippen molar-refractivity contribution in [2.75, 3.05) is 19.0 Å². The number of anilines is 1. The van der Waals surface area contributed by atoms with Gasteiger partial charge in [-0.25, -0.2) is 4.98 Å². The molecule has 0 fully saturated rings. The largest absolute Gasteiger partial charge is 0.478 e. The van der Waals surface area contributed by atoms with Crippen molar-refractivity contribution in [3.8, 4) is 5.88 Å². The van der Waals surface area contributed by atoms with E-state index in [4.69, 9.17) is 4.74 Å². The summed E-state index contributed by atoms with van der Waals surface area (Å²) in [6.45, 7) is 9.33. The van der Waals surface area contributed by atoms with Gasteiger partial charge in [0.15, 0.2) is 0 Å². The van der Waals surface area contributed by atoms with Crippen LogP contribution in [0.5, 0.6) is 5.88 Å². The molecule has 1 heterocycles. The Morgan fingerprint density at radius 2 is 2.00 bits per heavy atom. The van der Waals surface area contributed by atoms with Crippen LogP contribution in [-0.4, -0.2) is 23.6 Å². The van der Waals surface area contributed by atoms with Gasteiger partial charge in [-0.2, -0.15) is 4.98 Å². The zero-order valence-electron chi connectivity index (χ0n) is 11.5. The lowest BCUT2D eigenvalue weighted by molar-refractivity contribution is 0.235. The second-order valence-corrected chi connectivity index (χ2v) is 5.27. The van der Waals surface area contributed by atoms with Crippen LogP contribution in [0.15, 0.2) is 6.07 Å². The van der Waals surface area contributed by atoms with Crippen molar-refractivity contribution in [2.24, 2.45) is 5.41 Å². The molecule has 0 aliphatic carbocycles. The quantitative estimate of drug-likeness (QED) is 0.855. The molecule has 0 bridgehead atoms. The highest BCUT2D eigenvalue weighted by atomic mass is 16.5. The number of rotatable bonds is 5. The van der Waals surface area contributed by atoms with Gasteiger partial charge in [0.25, 0.3) is 0 Å². The first-order valence-electron chi connectivity index (χ1n) is 6.13. The maximum absolute atomic E-state index is 5.68. The van der Waals surface area contributed by atoms with Gasteiger partial charge in [0.05, 0.1) is 6.61 Å². The highest BCUT2D eigenvalue weighted by Gasteiger charge is 2.10. The molecule has 0 aromatic carbocycles. The number of hydrogen-bond acceptors (Lipinski definition) is 4. The molecule has 0 saturated heterocycles. The van der Waals surface area contributed by atoms with Crippen molar-refractivity contribution in [3.05, 3.63) is 11.9 Å². The standard InChI is InChI=1S/C13H23N3O/c1-6-10-15-11(14-5)9-12(16-10)17-8-7-13(2,3)4/h9H,6-8H2,1-5H3,(H,14,15,16). The SMILES string of the molecule is CCc1nc(NC)cc(OCCC(C)(C)C)n1. The Morgan fingerprint density at radius 3 is 2.53 bits per heavy atom. The van der Waals surface area contributed by atoms with Crippen LogP contribution in [0.3, 0.4) is 0 Å². The number of nitrogens with zero attached hydrogens (tertiary/aromatic N) is 2. The minimum atomic E-state index is 0.284. The van der Waals surface area contributed by atoms with E-state index < -0.39 is 0 Å². The van der Waals surface area contributed by atoms with Gasteiger partial charge in [-0.1, -0.05) is 27.7 Å². The third kappa shape index (κ3) is 5.02. The normalized spacial score (nSPS) is 11.4. The van der Waals surface area contributed by atoms with Crippen LogP contribution in [0.4, 0.5) is 5.82 Å². The minimum absolute atomic E-state index is 0.284. The average molecular weight is 237 g/mol. The molecule has 0 spiro atoms. The smallest absolute Gasteiger partial charge is 0.218 e. The molecule has 0 aliphatic heterocycles. The fourth-order valence-electron chi connectivity index (χ4n) is 1.29. The van der Waals surface area contributed by atoms with Gasteiger partial charge in [-0.05, 0) is 11.8 Å². The van der Waals surface area contributed by atoms with E-state index in [1.54, 1.807) is 0 Å². The first-order valence-corrected chi connectivity index (χ1v) is 6.13. The van der Waals surface area contributed by atoms with Crippen molar-refractivity contribution in [1.29, 1.82) is 0 Å². The Balaban J connectivity index is 2.64. The van der Waals surface area contributed by atoms with E-state index in [0.717, 1.165) is 24.5 Å². The summed E-state index contributed by atoms with van der Waals surface area (Å²) >= 11 is 0. The molecular weight excluding hydrogens is 214 g/mol. The lowest BCUT2D eigenvalue weighted by atomic mass is 9.93. The van der Waals surface area contributed by atoms with Crippen molar-refractivity contribution < 1.29 is 4.74 Å². The Hall–Kier alpha value is -1.32. The number of aryl methyl sites for hydroxylation is 1. The summed E-state index contributed by atoms with van der Waals surface area (Å²) in [6, 6.07) is 1.84. The van der Waals surface area contributed by atoms with Crippen molar-refractivity contribution in [2.45, 2.75) is 40.5 Å². The summed E-state index contributed by atoms with van der Waals surface area (Å²) in [7, 11) is 1.85. The molecule has 1 aromatic heterocycles. The monoisotopic (exact) mass is 237 g/mol. The Kier molecular flexibility index (Phi) is 4.73. The van der Waals surface area contributed by atoms with Gasteiger partial charge >= 0.3 is 0 Å². The molecule has 0 atom stereocenters. The third-order valence-electron chi connectivity index (χ3n) is 2.42. The Labute approximate surface area is 104 Å². The van der Waals surface area contributed by atoms with Crippen LogP contribution < -0.4 is 10.1 Å². The first-order chi connectivity index (χ1) is 7.94. The summed E-state index contributed by atoms with van der Waals surface area (Å²) in [5.74, 6) is 2.27. The number of ether oxygens (including phenoxy) is 1. The van der Waals surface area contributed by atoms with E-state index in [2.05, 4.69) is 36.1 Å². The van der Waals surface area contributed by atoms with E-state index >= 15 is 0 Å². The van der Waals surface area contributed by atoms with Gasteiger partial charge in [-0.15, -0.1) is 0 Å². The maximum Gasteiger partial charge on any atom is 0.218 e. The molecule has 1 rings (SSSR count). The summed E-state index contributed by atoms with van der Waals surface area (Å²) in [5.41, 5.74) is 0.284. The van der Waals surface area contributed by atoms with Crippen LogP contribution in [0.1, 0.15) is 39.9 Å². The van der Waals surface area contributed by atoms with Gasteiger partial charge in [-0.3, -0.25) is 0 Å². The fraction of sp³-hybridized carbons (Fsp3) is 0.692. The third-order valence-corrected chi connectivity index (χ3v) is 2.42. The van der Waals surface area contributed by atoms with Gasteiger partial charge in [0.2, 0.25) is 5.88 Å². The van der Waals surface area contributed by atoms with Gasteiger partial charge in [0, 0.05) is 19.5 Å². The number of aromatic nitrogens is 2. The van der Waals surface area contributed by atoms with Crippen LogP contribution in [0.2, 0.25) is 0 Å². The van der Waals surface area contributed by atoms with E-state index in [9.17, 15) is 0 Å². The van der Waals surface area contributed by atoms with Crippen molar-refractivity contribution in [3.63, 3.8) is 0 Å². The fourth-order valence-corrected chi connectivity index (χ4v) is 1.29. The number of hydrogen-bond donors (Lipinski definition) is 1. The maximum atomic E-state index is 5.68. The second-order valence-electron chi connectivity index (χ2n) is 5.27. The van der Waals surface area contributed by atoms with Crippen LogP contribution in [-0.2, 0) is 6.42 Å². The zero-order chi connectivity index (χ0) is 12.9. The lowest BCUT2D eigenvalue weighted by Gasteiger charge is -2.18. The van der Waals surface area contributed by atoms with Gasteiger partial charge in [0.1, 0.15) is 11.6 Å². The molecule has 0 radical (unpaired) electrons. The minimum Gasteiger partial charge on any atom is -0.478 e. The van der Waals surface area contributed by atoms with Crippen molar-refractivity contribution >= 4 is 5.82 Å². The lowest BCUT2D eigenvalue weighted by Crippen LogP contribution is -2.12. The predicted molar refractivity (Wildman–Crippen MR) is 70.5 cm³/mol. The van der Waals surface area contributed by atoms with E-state index in [1.807, 2.05) is 20.0 Å². The van der Waals surface area contributed by atoms with Crippen molar-refractivity contribution in [1.82, 2.24) is 9.97 Å². The molecule has 96 valence electrons. The molecule has 0 saturated carbocycles. The summed E-state index contributed by atoms with van der Waals surface area (Å²) in [4.78, 5) is 8.67. The zero-order valence-corrected chi connectivity index (χ0v) is 11.5. The predicted octanol–water partition coefficient (Wildman–Crippen LogP) is 2.90. The highest BCUT2D eigenvalue weighted by molar-refractivity contribution is 5.37. The molecule has 1 N–H and O–H groups in total. The molecule has 17 heavy (non-hydrogen) atoms. The Morgan fingerprint density at radius 1 is 1.29 bits per heavy atom. The molecular formula is C13H23N3O.